The summed E-state index contributed by atoms with van der Waals surface area (Å²) in [6.45, 7) is 0.834. The van der Waals surface area contributed by atoms with Gasteiger partial charge in [0.2, 0.25) is 5.91 Å². The number of likely N-dealkylation sites (tertiary alicyclic amines) is 1. The summed E-state index contributed by atoms with van der Waals surface area (Å²) in [6, 6.07) is 6.80. The molecule has 3 rings (SSSR count). The van der Waals surface area contributed by atoms with Crippen LogP contribution in [0.25, 0.3) is 0 Å². The minimum absolute atomic E-state index is 0.0713. The molecule has 3 nitrogen and oxygen atoms in total. The molecular weight excluding hydrogens is 281 g/mol. The highest BCUT2D eigenvalue weighted by Gasteiger charge is 2.50. The molecule has 1 aromatic rings. The van der Waals surface area contributed by atoms with Gasteiger partial charge in [0.1, 0.15) is 5.82 Å². The molecule has 4 heteroatoms. The van der Waals surface area contributed by atoms with Crippen molar-refractivity contribution in [2.75, 3.05) is 13.2 Å². The van der Waals surface area contributed by atoms with Gasteiger partial charge in [-0.25, -0.2) is 4.39 Å². The Hall–Kier alpha value is -1.42. The Kier molecular flexibility index (Phi) is 4.48. The van der Waals surface area contributed by atoms with E-state index in [4.69, 9.17) is 0 Å². The Bertz CT molecular complexity index is 540. The Morgan fingerprint density at radius 2 is 2.05 bits per heavy atom. The number of aliphatic hydroxyl groups excluding tert-OH is 1. The van der Waals surface area contributed by atoms with Crippen molar-refractivity contribution in [2.45, 2.75) is 56.4 Å². The maximum absolute atomic E-state index is 14.3. The number of benzene rings is 1. The van der Waals surface area contributed by atoms with E-state index < -0.39 is 5.41 Å². The van der Waals surface area contributed by atoms with Crippen LogP contribution in [0.2, 0.25) is 0 Å². The van der Waals surface area contributed by atoms with E-state index in [2.05, 4.69) is 0 Å². The fraction of sp³-hybridized carbons (Fsp3) is 0.611. The Balaban J connectivity index is 1.89. The molecule has 1 atom stereocenters. The molecule has 1 saturated carbocycles. The average molecular weight is 305 g/mol. The standard InChI is InChI=1S/C18H24FNO2/c19-16-8-2-1-7-15(16)18(10-5-11-18)17(22)20-12-4-3-6-14(20)9-13-21/h1-2,7-8,14,21H,3-6,9-13H2. The molecule has 1 aromatic carbocycles. The molecule has 1 amide bonds. The van der Waals surface area contributed by atoms with Crippen LogP contribution in [0.4, 0.5) is 4.39 Å². The number of hydrogen-bond donors (Lipinski definition) is 1. The third-order valence-electron chi connectivity index (χ3n) is 5.36. The van der Waals surface area contributed by atoms with Gasteiger partial charge in [0.05, 0.1) is 5.41 Å². The number of halogens is 1. The number of hydrogen-bond acceptors (Lipinski definition) is 2. The lowest BCUT2D eigenvalue weighted by Gasteiger charge is -2.47. The van der Waals surface area contributed by atoms with Crippen LogP contribution in [0.15, 0.2) is 24.3 Å². The molecule has 120 valence electrons. The second-order valence-corrected chi connectivity index (χ2v) is 6.58. The topological polar surface area (TPSA) is 40.5 Å². The van der Waals surface area contributed by atoms with E-state index in [-0.39, 0.29) is 24.4 Å². The van der Waals surface area contributed by atoms with Crippen LogP contribution in [0.3, 0.4) is 0 Å². The van der Waals surface area contributed by atoms with Gasteiger partial charge < -0.3 is 10.0 Å². The number of amides is 1. The summed E-state index contributed by atoms with van der Waals surface area (Å²) >= 11 is 0. The molecule has 1 aliphatic carbocycles. The SMILES string of the molecule is O=C(N1CCCCC1CCO)C1(c2ccccc2F)CCC1. The molecule has 1 aliphatic heterocycles. The zero-order chi connectivity index (χ0) is 15.6. The van der Waals surface area contributed by atoms with Crippen LogP contribution < -0.4 is 0 Å². The van der Waals surface area contributed by atoms with Gasteiger partial charge in [-0.15, -0.1) is 0 Å². The number of nitrogens with zero attached hydrogens (tertiary/aromatic N) is 1. The van der Waals surface area contributed by atoms with Gasteiger partial charge >= 0.3 is 0 Å². The summed E-state index contributed by atoms with van der Waals surface area (Å²) in [7, 11) is 0. The molecule has 1 saturated heterocycles. The molecule has 1 N–H and O–H groups in total. The highest BCUT2D eigenvalue weighted by molar-refractivity contribution is 5.89. The Morgan fingerprint density at radius 1 is 1.27 bits per heavy atom. The molecule has 0 bridgehead atoms. The maximum atomic E-state index is 14.3. The van der Waals surface area contributed by atoms with Crippen molar-refractivity contribution in [1.82, 2.24) is 4.90 Å². The van der Waals surface area contributed by atoms with Crippen LogP contribution in [0.5, 0.6) is 0 Å². The summed E-state index contributed by atoms with van der Waals surface area (Å²) in [5.41, 5.74) is -0.115. The van der Waals surface area contributed by atoms with Crippen molar-refractivity contribution in [2.24, 2.45) is 0 Å². The van der Waals surface area contributed by atoms with E-state index in [1.54, 1.807) is 12.1 Å². The average Bonchev–Trinajstić information content (AvgIpc) is 2.49. The van der Waals surface area contributed by atoms with E-state index >= 15 is 0 Å². The lowest BCUT2D eigenvalue weighted by atomic mass is 9.63. The minimum atomic E-state index is -0.670. The molecule has 1 unspecified atom stereocenters. The van der Waals surface area contributed by atoms with Gasteiger partial charge in [-0.05, 0) is 44.6 Å². The zero-order valence-corrected chi connectivity index (χ0v) is 12.9. The number of aliphatic hydroxyl groups is 1. The van der Waals surface area contributed by atoms with Gasteiger partial charge in [-0.1, -0.05) is 24.6 Å². The lowest BCUT2D eigenvalue weighted by molar-refractivity contribution is -0.145. The van der Waals surface area contributed by atoms with Crippen LogP contribution in [-0.2, 0) is 10.2 Å². The van der Waals surface area contributed by atoms with E-state index in [1.807, 2.05) is 11.0 Å². The first-order valence-corrected chi connectivity index (χ1v) is 8.36. The van der Waals surface area contributed by atoms with Gasteiger partial charge in [-0.2, -0.15) is 0 Å². The number of rotatable bonds is 4. The third kappa shape index (κ3) is 2.54. The highest BCUT2D eigenvalue weighted by Crippen LogP contribution is 2.47. The van der Waals surface area contributed by atoms with E-state index in [1.165, 1.54) is 6.07 Å². The third-order valence-corrected chi connectivity index (χ3v) is 5.36. The first-order valence-electron chi connectivity index (χ1n) is 8.36. The largest absolute Gasteiger partial charge is 0.396 e. The summed E-state index contributed by atoms with van der Waals surface area (Å²) in [6.07, 6.45) is 6.10. The summed E-state index contributed by atoms with van der Waals surface area (Å²) in [4.78, 5) is 15.1. The highest BCUT2D eigenvalue weighted by atomic mass is 19.1. The summed E-state index contributed by atoms with van der Waals surface area (Å²) in [5, 5.41) is 9.26. The lowest BCUT2D eigenvalue weighted by Crippen LogP contribution is -2.56. The van der Waals surface area contributed by atoms with Crippen molar-refractivity contribution in [3.8, 4) is 0 Å². The first-order chi connectivity index (χ1) is 10.7. The van der Waals surface area contributed by atoms with Gasteiger partial charge in [0.25, 0.3) is 0 Å². The zero-order valence-electron chi connectivity index (χ0n) is 12.9. The van der Waals surface area contributed by atoms with Crippen LogP contribution in [-0.4, -0.2) is 35.1 Å². The number of carbonyl (C=O) groups excluding carboxylic acids is 1. The van der Waals surface area contributed by atoms with E-state index in [0.717, 1.165) is 45.1 Å². The predicted molar refractivity (Wildman–Crippen MR) is 83.0 cm³/mol. The minimum Gasteiger partial charge on any atom is -0.396 e. The fourth-order valence-corrected chi connectivity index (χ4v) is 3.97. The smallest absolute Gasteiger partial charge is 0.233 e. The molecule has 1 heterocycles. The van der Waals surface area contributed by atoms with Crippen LogP contribution >= 0.6 is 0 Å². The van der Waals surface area contributed by atoms with E-state index in [0.29, 0.717) is 12.0 Å². The second-order valence-electron chi connectivity index (χ2n) is 6.58. The van der Waals surface area contributed by atoms with Crippen molar-refractivity contribution in [3.05, 3.63) is 35.6 Å². The second kappa shape index (κ2) is 6.37. The van der Waals surface area contributed by atoms with Gasteiger partial charge in [0.15, 0.2) is 0 Å². The van der Waals surface area contributed by atoms with Crippen LogP contribution in [0, 0.1) is 5.82 Å². The van der Waals surface area contributed by atoms with Crippen molar-refractivity contribution < 1.29 is 14.3 Å². The molecular formula is C18H24FNO2. The molecule has 0 spiro atoms. The van der Waals surface area contributed by atoms with Crippen LogP contribution in [0.1, 0.15) is 50.5 Å². The summed E-state index contributed by atoms with van der Waals surface area (Å²) in [5.74, 6) is -0.201. The van der Waals surface area contributed by atoms with E-state index in [9.17, 15) is 14.3 Å². The molecule has 0 radical (unpaired) electrons. The molecule has 22 heavy (non-hydrogen) atoms. The molecule has 0 aromatic heterocycles. The first kappa shape index (κ1) is 15.5. The maximum Gasteiger partial charge on any atom is 0.233 e. The van der Waals surface area contributed by atoms with Crippen molar-refractivity contribution >= 4 is 5.91 Å². The predicted octanol–water partition coefficient (Wildman–Crippen LogP) is 3.01. The molecule has 2 fully saturated rings. The van der Waals surface area contributed by atoms with Crippen molar-refractivity contribution in [3.63, 3.8) is 0 Å². The quantitative estimate of drug-likeness (QED) is 0.929. The monoisotopic (exact) mass is 305 g/mol. The normalized spacial score (nSPS) is 23.9. The summed E-state index contributed by atoms with van der Waals surface area (Å²) < 4.78 is 14.3. The van der Waals surface area contributed by atoms with Crippen molar-refractivity contribution in [1.29, 1.82) is 0 Å². The Labute approximate surface area is 131 Å². The number of carbonyl (C=O) groups is 1. The van der Waals surface area contributed by atoms with Gasteiger partial charge in [0, 0.05) is 24.8 Å². The Morgan fingerprint density at radius 3 is 2.68 bits per heavy atom. The molecule has 2 aliphatic rings. The number of piperidine rings is 1. The fourth-order valence-electron chi connectivity index (χ4n) is 3.97. The van der Waals surface area contributed by atoms with Gasteiger partial charge in [-0.3, -0.25) is 4.79 Å².